The highest BCUT2D eigenvalue weighted by molar-refractivity contribution is 5.82. The SMILES string of the molecule is CCN(Cc1ccncc1)C(=O)C1C2CCCC1CN(C(=O)C1CCOCC1)C2. The minimum absolute atomic E-state index is 0.0595. The van der Waals surface area contributed by atoms with E-state index in [1.807, 2.05) is 17.0 Å². The summed E-state index contributed by atoms with van der Waals surface area (Å²) < 4.78 is 5.42. The van der Waals surface area contributed by atoms with Crippen LogP contribution < -0.4 is 0 Å². The van der Waals surface area contributed by atoms with Crippen LogP contribution in [0.1, 0.15) is 44.6 Å². The Morgan fingerprint density at radius 2 is 1.76 bits per heavy atom. The second-order valence-electron chi connectivity index (χ2n) is 8.81. The lowest BCUT2D eigenvalue weighted by molar-refractivity contribution is -0.153. The Kier molecular flexibility index (Phi) is 6.48. The predicted molar refractivity (Wildman–Crippen MR) is 110 cm³/mol. The molecule has 1 aliphatic carbocycles. The number of nitrogens with zero attached hydrogens (tertiary/aromatic N) is 3. The second kappa shape index (κ2) is 9.24. The first-order valence-electron chi connectivity index (χ1n) is 11.2. The minimum Gasteiger partial charge on any atom is -0.381 e. The molecular weight excluding hydrogens is 366 g/mol. The fourth-order valence-electron chi connectivity index (χ4n) is 5.49. The van der Waals surface area contributed by atoms with Crippen molar-refractivity contribution in [3.05, 3.63) is 30.1 Å². The molecule has 2 saturated heterocycles. The van der Waals surface area contributed by atoms with E-state index in [-0.39, 0.29) is 17.7 Å². The molecule has 6 heteroatoms. The molecule has 3 fully saturated rings. The molecule has 1 saturated carbocycles. The third-order valence-electron chi connectivity index (χ3n) is 7.06. The highest BCUT2D eigenvalue weighted by Gasteiger charge is 2.46. The number of fused-ring (bicyclic) bond motifs is 2. The fraction of sp³-hybridized carbons (Fsp3) is 0.696. The molecule has 0 N–H and O–H groups in total. The topological polar surface area (TPSA) is 62.7 Å². The average molecular weight is 400 g/mol. The number of aromatic nitrogens is 1. The monoisotopic (exact) mass is 399 g/mol. The molecule has 1 aromatic heterocycles. The lowest BCUT2D eigenvalue weighted by Crippen LogP contribution is -2.56. The summed E-state index contributed by atoms with van der Waals surface area (Å²) in [5.41, 5.74) is 1.12. The summed E-state index contributed by atoms with van der Waals surface area (Å²) in [7, 11) is 0. The lowest BCUT2D eigenvalue weighted by Gasteiger charge is -2.48. The number of rotatable bonds is 5. The first-order valence-corrected chi connectivity index (χ1v) is 11.2. The summed E-state index contributed by atoms with van der Waals surface area (Å²) in [6.07, 6.45) is 8.51. The van der Waals surface area contributed by atoms with Crippen molar-refractivity contribution >= 4 is 11.8 Å². The minimum atomic E-state index is 0.0595. The van der Waals surface area contributed by atoms with Crippen molar-refractivity contribution in [3.63, 3.8) is 0 Å². The van der Waals surface area contributed by atoms with Crippen LogP contribution in [0.4, 0.5) is 0 Å². The highest BCUT2D eigenvalue weighted by Crippen LogP contribution is 2.41. The smallest absolute Gasteiger partial charge is 0.226 e. The maximum absolute atomic E-state index is 13.5. The average Bonchev–Trinajstić information content (AvgIpc) is 2.77. The molecule has 2 bridgehead atoms. The number of amides is 2. The number of hydrogen-bond acceptors (Lipinski definition) is 4. The Hall–Kier alpha value is -1.95. The Labute approximate surface area is 173 Å². The molecular formula is C23H33N3O3. The molecule has 3 heterocycles. The summed E-state index contributed by atoms with van der Waals surface area (Å²) in [6, 6.07) is 3.96. The van der Waals surface area contributed by atoms with Crippen molar-refractivity contribution in [3.8, 4) is 0 Å². The Bertz CT molecular complexity index is 691. The van der Waals surface area contributed by atoms with Crippen molar-refractivity contribution in [1.29, 1.82) is 0 Å². The molecule has 0 spiro atoms. The van der Waals surface area contributed by atoms with Crippen LogP contribution in [0, 0.1) is 23.7 Å². The molecule has 2 unspecified atom stereocenters. The highest BCUT2D eigenvalue weighted by atomic mass is 16.5. The van der Waals surface area contributed by atoms with Gasteiger partial charge in [0, 0.05) is 63.6 Å². The Morgan fingerprint density at radius 1 is 1.10 bits per heavy atom. The van der Waals surface area contributed by atoms with E-state index in [0.717, 1.165) is 44.3 Å². The van der Waals surface area contributed by atoms with Crippen molar-refractivity contribution in [2.24, 2.45) is 23.7 Å². The van der Waals surface area contributed by atoms with Gasteiger partial charge in [0.1, 0.15) is 0 Å². The van der Waals surface area contributed by atoms with Crippen LogP contribution in [0.2, 0.25) is 0 Å². The van der Waals surface area contributed by atoms with Crippen molar-refractivity contribution in [2.45, 2.75) is 45.6 Å². The summed E-state index contributed by atoms with van der Waals surface area (Å²) in [4.78, 5) is 34.7. The number of hydrogen-bond donors (Lipinski definition) is 0. The molecule has 1 aromatic rings. The summed E-state index contributed by atoms with van der Waals surface area (Å²) in [6.45, 7) is 6.28. The number of carbonyl (C=O) groups excluding carboxylic acids is 2. The number of ether oxygens (including phenoxy) is 1. The van der Waals surface area contributed by atoms with Gasteiger partial charge in [0.15, 0.2) is 0 Å². The largest absolute Gasteiger partial charge is 0.381 e. The van der Waals surface area contributed by atoms with Gasteiger partial charge < -0.3 is 14.5 Å². The Balaban J connectivity index is 1.44. The van der Waals surface area contributed by atoms with E-state index in [1.54, 1.807) is 12.4 Å². The number of piperidine rings is 1. The van der Waals surface area contributed by atoms with Gasteiger partial charge in [0.25, 0.3) is 0 Å². The van der Waals surface area contributed by atoms with Crippen LogP contribution >= 0.6 is 0 Å². The molecule has 3 aliphatic rings. The summed E-state index contributed by atoms with van der Waals surface area (Å²) in [5, 5.41) is 0. The third-order valence-corrected chi connectivity index (χ3v) is 7.06. The van der Waals surface area contributed by atoms with E-state index in [1.165, 1.54) is 6.42 Å². The number of pyridine rings is 1. The number of likely N-dealkylation sites (tertiary alicyclic amines) is 1. The molecule has 2 aliphatic heterocycles. The molecule has 0 radical (unpaired) electrons. The molecule has 4 rings (SSSR count). The predicted octanol–water partition coefficient (Wildman–Crippen LogP) is 2.73. The molecule has 6 nitrogen and oxygen atoms in total. The summed E-state index contributed by atoms with van der Waals surface area (Å²) in [5.74, 6) is 1.33. The standard InChI is InChI=1S/C23H33N3O3/c1-2-25(14-17-6-10-24-11-7-17)23(28)21-19-4-3-5-20(21)16-26(15-19)22(27)18-8-12-29-13-9-18/h6-7,10-11,18-21H,2-5,8-9,12-16H2,1H3. The van der Waals surface area contributed by atoms with E-state index >= 15 is 0 Å². The van der Waals surface area contributed by atoms with Gasteiger partial charge in [0.05, 0.1) is 0 Å². The first kappa shape index (κ1) is 20.3. The molecule has 2 amide bonds. The molecule has 29 heavy (non-hydrogen) atoms. The zero-order valence-electron chi connectivity index (χ0n) is 17.5. The van der Waals surface area contributed by atoms with Crippen LogP contribution in [-0.2, 0) is 20.9 Å². The van der Waals surface area contributed by atoms with Gasteiger partial charge in [-0.05, 0) is 62.1 Å². The molecule has 2 atom stereocenters. The van der Waals surface area contributed by atoms with E-state index in [2.05, 4.69) is 16.8 Å². The Morgan fingerprint density at radius 3 is 2.38 bits per heavy atom. The van der Waals surface area contributed by atoms with Crippen molar-refractivity contribution < 1.29 is 14.3 Å². The van der Waals surface area contributed by atoms with Crippen LogP contribution in [0.25, 0.3) is 0 Å². The lowest BCUT2D eigenvalue weighted by atomic mass is 9.68. The van der Waals surface area contributed by atoms with Crippen LogP contribution in [-0.4, -0.2) is 59.4 Å². The van der Waals surface area contributed by atoms with Crippen molar-refractivity contribution in [1.82, 2.24) is 14.8 Å². The summed E-state index contributed by atoms with van der Waals surface area (Å²) >= 11 is 0. The molecule has 0 aromatic carbocycles. The van der Waals surface area contributed by atoms with E-state index in [9.17, 15) is 9.59 Å². The fourth-order valence-corrected chi connectivity index (χ4v) is 5.49. The van der Waals surface area contributed by atoms with Gasteiger partial charge in [-0.25, -0.2) is 0 Å². The van der Waals surface area contributed by atoms with Gasteiger partial charge in [-0.15, -0.1) is 0 Å². The zero-order chi connectivity index (χ0) is 20.2. The van der Waals surface area contributed by atoms with Gasteiger partial charge >= 0.3 is 0 Å². The van der Waals surface area contributed by atoms with Gasteiger partial charge in [-0.2, -0.15) is 0 Å². The van der Waals surface area contributed by atoms with E-state index in [0.29, 0.717) is 44.0 Å². The van der Waals surface area contributed by atoms with E-state index in [4.69, 9.17) is 4.74 Å². The van der Waals surface area contributed by atoms with Gasteiger partial charge in [-0.3, -0.25) is 14.6 Å². The van der Waals surface area contributed by atoms with Gasteiger partial charge in [-0.1, -0.05) is 6.42 Å². The van der Waals surface area contributed by atoms with E-state index < -0.39 is 0 Å². The second-order valence-corrected chi connectivity index (χ2v) is 8.81. The van der Waals surface area contributed by atoms with Gasteiger partial charge in [0.2, 0.25) is 11.8 Å². The van der Waals surface area contributed by atoms with Crippen LogP contribution in [0.3, 0.4) is 0 Å². The van der Waals surface area contributed by atoms with Crippen molar-refractivity contribution in [2.75, 3.05) is 32.8 Å². The van der Waals surface area contributed by atoms with Crippen LogP contribution in [0.15, 0.2) is 24.5 Å². The zero-order valence-corrected chi connectivity index (χ0v) is 17.5. The quantitative estimate of drug-likeness (QED) is 0.764. The molecule has 158 valence electrons. The maximum Gasteiger partial charge on any atom is 0.226 e. The first-order chi connectivity index (χ1) is 14.2. The van der Waals surface area contributed by atoms with Crippen LogP contribution in [0.5, 0.6) is 0 Å². The third kappa shape index (κ3) is 4.47. The maximum atomic E-state index is 13.5. The normalized spacial score (nSPS) is 27.5. The number of carbonyl (C=O) groups is 2.